The first kappa shape index (κ1) is 14.0. The van der Waals surface area contributed by atoms with Gasteiger partial charge in [0.1, 0.15) is 0 Å². The Hall–Kier alpha value is -2.11. The van der Waals surface area contributed by atoms with Gasteiger partial charge in [0.05, 0.1) is 19.6 Å². The molecule has 1 rings (SSSR count). The normalized spacial score (nSPS) is 11.7. The van der Waals surface area contributed by atoms with E-state index in [0.717, 1.165) is 6.07 Å². The van der Waals surface area contributed by atoms with Crippen LogP contribution in [0.3, 0.4) is 0 Å². The predicted octanol–water partition coefficient (Wildman–Crippen LogP) is 1.49. The van der Waals surface area contributed by atoms with Gasteiger partial charge in [0.25, 0.3) is 0 Å². The highest BCUT2D eigenvalue weighted by molar-refractivity contribution is 5.75. The van der Waals surface area contributed by atoms with Crippen molar-refractivity contribution < 1.29 is 23.8 Å². The highest BCUT2D eigenvalue weighted by Gasteiger charge is 2.18. The Morgan fingerprint density at radius 1 is 1.50 bits per heavy atom. The molecule has 0 aromatic heterocycles. The molecule has 6 heteroatoms. The van der Waals surface area contributed by atoms with Crippen molar-refractivity contribution in [3.63, 3.8) is 0 Å². The lowest BCUT2D eigenvalue weighted by atomic mass is 10.0. The third kappa shape index (κ3) is 3.73. The molecule has 5 nitrogen and oxygen atoms in total. The minimum atomic E-state index is -1.08. The van der Waals surface area contributed by atoms with E-state index in [4.69, 9.17) is 9.84 Å². The number of amides is 1. The Balaban J connectivity index is 3.00. The molecule has 0 spiro atoms. The van der Waals surface area contributed by atoms with Crippen LogP contribution >= 0.6 is 0 Å². The SMILES string of the molecule is COc1ccc([C@H](CC(=O)O)NC(C)=O)cc1F. The van der Waals surface area contributed by atoms with Crippen molar-refractivity contribution in [1.29, 1.82) is 0 Å². The van der Waals surface area contributed by atoms with Crippen LogP contribution in [0, 0.1) is 5.82 Å². The van der Waals surface area contributed by atoms with Crippen LogP contribution in [0.1, 0.15) is 24.9 Å². The second-order valence-electron chi connectivity index (χ2n) is 3.74. The van der Waals surface area contributed by atoms with Crippen LogP contribution in [0.15, 0.2) is 18.2 Å². The van der Waals surface area contributed by atoms with Gasteiger partial charge in [-0.25, -0.2) is 4.39 Å². The maximum atomic E-state index is 13.5. The molecule has 0 saturated heterocycles. The summed E-state index contributed by atoms with van der Waals surface area (Å²) in [5.74, 6) is -1.99. The Bertz CT molecular complexity index is 445. The zero-order valence-corrected chi connectivity index (χ0v) is 10.1. The third-order valence-electron chi connectivity index (χ3n) is 2.33. The molecule has 0 fully saturated rings. The maximum absolute atomic E-state index is 13.5. The van der Waals surface area contributed by atoms with Crippen LogP contribution in [0.25, 0.3) is 0 Å². The molecule has 18 heavy (non-hydrogen) atoms. The number of carboxylic acids is 1. The average molecular weight is 255 g/mol. The number of carbonyl (C=O) groups is 2. The summed E-state index contributed by atoms with van der Waals surface area (Å²) >= 11 is 0. The minimum Gasteiger partial charge on any atom is -0.494 e. The number of benzene rings is 1. The fourth-order valence-corrected chi connectivity index (χ4v) is 1.57. The van der Waals surface area contributed by atoms with E-state index in [1.54, 1.807) is 0 Å². The van der Waals surface area contributed by atoms with E-state index in [9.17, 15) is 14.0 Å². The Kier molecular flexibility index (Phi) is 4.65. The molecule has 0 aliphatic heterocycles. The molecule has 1 atom stereocenters. The molecule has 98 valence electrons. The number of ether oxygens (including phenoxy) is 1. The summed E-state index contributed by atoms with van der Waals surface area (Å²) in [6, 6.07) is 3.30. The molecular weight excluding hydrogens is 241 g/mol. The first-order valence-electron chi connectivity index (χ1n) is 5.26. The van der Waals surface area contributed by atoms with Crippen molar-refractivity contribution >= 4 is 11.9 Å². The van der Waals surface area contributed by atoms with E-state index in [1.807, 2.05) is 0 Å². The fraction of sp³-hybridized carbons (Fsp3) is 0.333. The number of carboxylic acid groups (broad SMARTS) is 1. The quantitative estimate of drug-likeness (QED) is 0.835. The van der Waals surface area contributed by atoms with Crippen LogP contribution in [0.2, 0.25) is 0 Å². The molecule has 1 aromatic rings. The lowest BCUT2D eigenvalue weighted by Gasteiger charge is -2.17. The molecule has 0 aliphatic carbocycles. The van der Waals surface area contributed by atoms with Crippen molar-refractivity contribution in [2.24, 2.45) is 0 Å². The van der Waals surface area contributed by atoms with Crippen LogP contribution in [0.5, 0.6) is 5.75 Å². The van der Waals surface area contributed by atoms with Crippen molar-refractivity contribution in [2.45, 2.75) is 19.4 Å². The summed E-state index contributed by atoms with van der Waals surface area (Å²) in [5.41, 5.74) is 0.380. The maximum Gasteiger partial charge on any atom is 0.305 e. The zero-order chi connectivity index (χ0) is 13.7. The standard InChI is InChI=1S/C12H14FNO4/c1-7(15)14-10(6-12(16)17)8-3-4-11(18-2)9(13)5-8/h3-5,10H,6H2,1-2H3,(H,14,15)(H,16,17)/t10-/m0/s1. The number of carbonyl (C=O) groups excluding carboxylic acids is 1. The van der Waals surface area contributed by atoms with E-state index in [1.165, 1.54) is 26.2 Å². The lowest BCUT2D eigenvalue weighted by molar-refractivity contribution is -0.137. The second-order valence-corrected chi connectivity index (χ2v) is 3.74. The van der Waals surface area contributed by atoms with Crippen molar-refractivity contribution in [3.8, 4) is 5.75 Å². The van der Waals surface area contributed by atoms with Gasteiger partial charge in [0.15, 0.2) is 11.6 Å². The van der Waals surface area contributed by atoms with Gasteiger partial charge in [0.2, 0.25) is 5.91 Å². The first-order chi connectivity index (χ1) is 8.43. The van der Waals surface area contributed by atoms with E-state index in [-0.39, 0.29) is 18.1 Å². The monoisotopic (exact) mass is 255 g/mol. The molecule has 0 heterocycles. The van der Waals surface area contributed by atoms with Crippen LogP contribution in [-0.4, -0.2) is 24.1 Å². The lowest BCUT2D eigenvalue weighted by Crippen LogP contribution is -2.28. The van der Waals surface area contributed by atoms with Crippen LogP contribution in [0.4, 0.5) is 4.39 Å². The smallest absolute Gasteiger partial charge is 0.305 e. The van der Waals surface area contributed by atoms with E-state index < -0.39 is 17.8 Å². The van der Waals surface area contributed by atoms with Gasteiger partial charge in [0, 0.05) is 6.92 Å². The van der Waals surface area contributed by atoms with Gasteiger partial charge in [-0.1, -0.05) is 6.07 Å². The van der Waals surface area contributed by atoms with Gasteiger partial charge in [-0.15, -0.1) is 0 Å². The predicted molar refractivity (Wildman–Crippen MR) is 61.8 cm³/mol. The molecule has 1 aromatic carbocycles. The molecule has 0 bridgehead atoms. The number of rotatable bonds is 5. The van der Waals surface area contributed by atoms with E-state index in [0.29, 0.717) is 5.56 Å². The van der Waals surface area contributed by atoms with Crippen LogP contribution in [-0.2, 0) is 9.59 Å². The van der Waals surface area contributed by atoms with E-state index >= 15 is 0 Å². The number of nitrogens with one attached hydrogen (secondary N) is 1. The Morgan fingerprint density at radius 2 is 2.17 bits per heavy atom. The average Bonchev–Trinajstić information content (AvgIpc) is 2.26. The fourth-order valence-electron chi connectivity index (χ4n) is 1.57. The van der Waals surface area contributed by atoms with Gasteiger partial charge < -0.3 is 15.2 Å². The number of aliphatic carboxylic acids is 1. The second kappa shape index (κ2) is 6.00. The highest BCUT2D eigenvalue weighted by atomic mass is 19.1. The van der Waals surface area contributed by atoms with Gasteiger partial charge >= 0.3 is 5.97 Å². The van der Waals surface area contributed by atoms with E-state index in [2.05, 4.69) is 5.32 Å². The summed E-state index contributed by atoms with van der Waals surface area (Å²) < 4.78 is 18.3. The number of halogens is 1. The molecule has 1 amide bonds. The van der Waals surface area contributed by atoms with Gasteiger partial charge in [-0.2, -0.15) is 0 Å². The number of methoxy groups -OCH3 is 1. The van der Waals surface area contributed by atoms with Gasteiger partial charge in [-0.3, -0.25) is 9.59 Å². The first-order valence-corrected chi connectivity index (χ1v) is 5.26. The topological polar surface area (TPSA) is 75.6 Å². The van der Waals surface area contributed by atoms with Crippen LogP contribution < -0.4 is 10.1 Å². The molecule has 0 unspecified atom stereocenters. The molecule has 0 radical (unpaired) electrons. The summed E-state index contributed by atoms with van der Waals surface area (Å²) in [5, 5.41) is 11.2. The zero-order valence-electron chi connectivity index (χ0n) is 10.1. The molecule has 0 saturated carbocycles. The minimum absolute atomic E-state index is 0.0654. The Labute approximate surface area is 104 Å². The molecule has 2 N–H and O–H groups in total. The molecule has 0 aliphatic rings. The number of hydrogen-bond acceptors (Lipinski definition) is 3. The van der Waals surface area contributed by atoms with Crippen molar-refractivity contribution in [2.75, 3.05) is 7.11 Å². The third-order valence-corrected chi connectivity index (χ3v) is 2.33. The number of hydrogen-bond donors (Lipinski definition) is 2. The summed E-state index contributed by atoms with van der Waals surface area (Å²) in [6.07, 6.45) is -0.314. The summed E-state index contributed by atoms with van der Waals surface area (Å²) in [7, 11) is 1.33. The molecular formula is C12H14FNO4. The highest BCUT2D eigenvalue weighted by Crippen LogP contribution is 2.23. The largest absolute Gasteiger partial charge is 0.494 e. The Morgan fingerprint density at radius 3 is 2.61 bits per heavy atom. The van der Waals surface area contributed by atoms with Gasteiger partial charge in [-0.05, 0) is 17.7 Å². The van der Waals surface area contributed by atoms with Crippen molar-refractivity contribution in [1.82, 2.24) is 5.32 Å². The van der Waals surface area contributed by atoms with Crippen molar-refractivity contribution in [3.05, 3.63) is 29.6 Å². The summed E-state index contributed by atoms with van der Waals surface area (Å²) in [6.45, 7) is 1.27. The summed E-state index contributed by atoms with van der Waals surface area (Å²) in [4.78, 5) is 21.7.